The van der Waals surface area contributed by atoms with Crippen molar-refractivity contribution < 1.29 is 19.1 Å². The number of amides is 2. The molecule has 0 radical (unpaired) electrons. The van der Waals surface area contributed by atoms with Crippen molar-refractivity contribution in [3.63, 3.8) is 0 Å². The van der Waals surface area contributed by atoms with Crippen LogP contribution in [-0.4, -0.2) is 40.9 Å². The first-order chi connectivity index (χ1) is 14.0. The number of hydrogen-bond donors (Lipinski definition) is 3. The molecule has 3 aromatic rings. The molecule has 0 fully saturated rings. The van der Waals surface area contributed by atoms with E-state index < -0.39 is 11.8 Å². The fourth-order valence-corrected chi connectivity index (χ4v) is 2.57. The highest BCUT2D eigenvalue weighted by atomic mass is 16.5. The average Bonchev–Trinajstić information content (AvgIpc) is 3.19. The number of nitrogens with zero attached hydrogens (tertiary/aromatic N) is 2. The van der Waals surface area contributed by atoms with E-state index in [-0.39, 0.29) is 0 Å². The van der Waals surface area contributed by atoms with E-state index >= 15 is 0 Å². The third kappa shape index (κ3) is 5.01. The lowest BCUT2D eigenvalue weighted by Crippen LogP contribution is -2.41. The molecule has 2 amide bonds. The molecule has 1 heterocycles. The molecule has 3 rings (SSSR count). The molecule has 0 aliphatic carbocycles. The third-order valence-corrected chi connectivity index (χ3v) is 4.25. The molecule has 0 spiro atoms. The minimum absolute atomic E-state index is 0.324. The fourth-order valence-electron chi connectivity index (χ4n) is 2.57. The molecule has 0 bridgehead atoms. The topological polar surface area (TPSA) is 118 Å². The Hall–Kier alpha value is -3.62. The molecule has 0 saturated heterocycles. The van der Waals surface area contributed by atoms with Gasteiger partial charge in [-0.25, -0.2) is 0 Å². The van der Waals surface area contributed by atoms with Crippen LogP contribution in [0.3, 0.4) is 0 Å². The quantitative estimate of drug-likeness (QED) is 0.527. The van der Waals surface area contributed by atoms with Crippen molar-refractivity contribution in [2.24, 2.45) is 5.92 Å². The molecule has 0 atom stereocenters. The lowest BCUT2D eigenvalue weighted by Gasteiger charge is -2.13. The number of carbonyl (C=O) groups is 2. The Morgan fingerprint density at radius 3 is 2.31 bits per heavy atom. The van der Waals surface area contributed by atoms with Crippen molar-refractivity contribution >= 4 is 22.8 Å². The summed E-state index contributed by atoms with van der Waals surface area (Å²) in [6, 6.07) is 9.68. The number of hydrogen-bond acceptors (Lipinski definition) is 6. The zero-order chi connectivity index (χ0) is 20.8. The Bertz CT molecular complexity index is 1020. The molecule has 1 aromatic heterocycles. The van der Waals surface area contributed by atoms with E-state index in [1.807, 2.05) is 0 Å². The molecular weight excluding hydrogens is 374 g/mol. The molecule has 9 nitrogen and oxygen atoms in total. The summed E-state index contributed by atoms with van der Waals surface area (Å²) in [5.74, 6) is 0.593. The van der Waals surface area contributed by atoms with Gasteiger partial charge in [0.25, 0.3) is 11.8 Å². The normalized spacial score (nSPS) is 10.8. The van der Waals surface area contributed by atoms with Gasteiger partial charge in [-0.1, -0.05) is 13.8 Å². The van der Waals surface area contributed by atoms with Crippen molar-refractivity contribution in [1.29, 1.82) is 0 Å². The lowest BCUT2D eigenvalue weighted by atomic mass is 10.1. The van der Waals surface area contributed by atoms with Gasteiger partial charge < -0.3 is 9.47 Å². The first-order valence-electron chi connectivity index (χ1n) is 9.20. The lowest BCUT2D eigenvalue weighted by molar-refractivity contribution is 0.0846. The smallest absolute Gasteiger partial charge is 0.269 e. The summed E-state index contributed by atoms with van der Waals surface area (Å²) in [4.78, 5) is 24.7. The molecule has 29 heavy (non-hydrogen) atoms. The predicted octanol–water partition coefficient (Wildman–Crippen LogP) is 2.47. The zero-order valence-electron chi connectivity index (χ0n) is 16.5. The SMILES string of the molecule is COc1cc(C(=O)NNC(=O)c2ccc3n[nH]nc3c2)ccc1OCCC(C)C. The Morgan fingerprint density at radius 2 is 1.62 bits per heavy atom. The number of hydrazine groups is 1. The Labute approximate surface area is 167 Å². The summed E-state index contributed by atoms with van der Waals surface area (Å²) in [6.45, 7) is 4.80. The number of benzene rings is 2. The number of H-pyrrole nitrogens is 1. The summed E-state index contributed by atoms with van der Waals surface area (Å²) in [6.07, 6.45) is 0.914. The molecule has 9 heteroatoms. The second kappa shape index (κ2) is 9.05. The summed E-state index contributed by atoms with van der Waals surface area (Å²) >= 11 is 0. The van der Waals surface area contributed by atoms with Gasteiger partial charge in [0.2, 0.25) is 0 Å². The Kier molecular flexibility index (Phi) is 6.28. The number of rotatable bonds is 7. The number of fused-ring (bicyclic) bond motifs is 1. The van der Waals surface area contributed by atoms with Crippen molar-refractivity contribution in [3.05, 3.63) is 47.5 Å². The van der Waals surface area contributed by atoms with Gasteiger partial charge in [-0.15, -0.1) is 0 Å². The summed E-state index contributed by atoms with van der Waals surface area (Å²) < 4.78 is 11.0. The van der Waals surface area contributed by atoms with Crippen molar-refractivity contribution in [2.45, 2.75) is 20.3 Å². The molecule has 0 saturated carbocycles. The highest BCUT2D eigenvalue weighted by Gasteiger charge is 2.13. The number of aromatic nitrogens is 3. The van der Waals surface area contributed by atoms with Crippen LogP contribution < -0.4 is 20.3 Å². The largest absolute Gasteiger partial charge is 0.493 e. The molecule has 2 aromatic carbocycles. The summed E-state index contributed by atoms with van der Waals surface area (Å²) in [5.41, 5.74) is 6.65. The van der Waals surface area contributed by atoms with Crippen molar-refractivity contribution in [1.82, 2.24) is 26.3 Å². The summed E-state index contributed by atoms with van der Waals surface area (Å²) in [7, 11) is 1.51. The monoisotopic (exact) mass is 397 g/mol. The van der Waals surface area contributed by atoms with E-state index in [1.165, 1.54) is 7.11 Å². The number of methoxy groups -OCH3 is 1. The zero-order valence-corrected chi connectivity index (χ0v) is 16.5. The third-order valence-electron chi connectivity index (χ3n) is 4.25. The molecule has 152 valence electrons. The van der Waals surface area contributed by atoms with E-state index in [0.29, 0.717) is 46.2 Å². The average molecular weight is 397 g/mol. The number of ether oxygens (including phenoxy) is 2. The van der Waals surface area contributed by atoms with E-state index in [0.717, 1.165) is 6.42 Å². The van der Waals surface area contributed by atoms with E-state index in [4.69, 9.17) is 9.47 Å². The van der Waals surface area contributed by atoms with Crippen molar-refractivity contribution in [3.8, 4) is 11.5 Å². The van der Waals surface area contributed by atoms with Crippen LogP contribution in [0.4, 0.5) is 0 Å². The first-order valence-corrected chi connectivity index (χ1v) is 9.20. The van der Waals surface area contributed by atoms with Crippen LogP contribution in [0, 0.1) is 5.92 Å². The van der Waals surface area contributed by atoms with Gasteiger partial charge in [0.15, 0.2) is 11.5 Å². The first kappa shape index (κ1) is 20.1. The molecule has 3 N–H and O–H groups in total. The fraction of sp³-hybridized carbons (Fsp3) is 0.300. The van der Waals surface area contributed by atoms with Crippen LogP contribution in [0.2, 0.25) is 0 Å². The Morgan fingerprint density at radius 1 is 0.966 bits per heavy atom. The number of aromatic amines is 1. The highest BCUT2D eigenvalue weighted by molar-refractivity contribution is 6.00. The minimum atomic E-state index is -0.479. The molecule has 0 aliphatic rings. The van der Waals surface area contributed by atoms with Gasteiger partial charge >= 0.3 is 0 Å². The van der Waals surface area contributed by atoms with Gasteiger partial charge in [-0.2, -0.15) is 15.4 Å². The van der Waals surface area contributed by atoms with Gasteiger partial charge in [-0.05, 0) is 48.7 Å². The van der Waals surface area contributed by atoms with E-state index in [1.54, 1.807) is 36.4 Å². The van der Waals surface area contributed by atoms with Crippen LogP contribution in [0.25, 0.3) is 11.0 Å². The predicted molar refractivity (Wildman–Crippen MR) is 107 cm³/mol. The van der Waals surface area contributed by atoms with Gasteiger partial charge in [0.1, 0.15) is 11.0 Å². The van der Waals surface area contributed by atoms with Crippen LogP contribution in [-0.2, 0) is 0 Å². The van der Waals surface area contributed by atoms with Crippen molar-refractivity contribution in [2.75, 3.05) is 13.7 Å². The van der Waals surface area contributed by atoms with Gasteiger partial charge in [0, 0.05) is 11.1 Å². The van der Waals surface area contributed by atoms with Gasteiger partial charge in [-0.3, -0.25) is 20.4 Å². The van der Waals surface area contributed by atoms with Crippen LogP contribution in [0.5, 0.6) is 11.5 Å². The number of carbonyl (C=O) groups excluding carboxylic acids is 2. The maximum atomic E-state index is 12.4. The molecule has 0 unspecified atom stereocenters. The summed E-state index contributed by atoms with van der Waals surface area (Å²) in [5, 5.41) is 10.3. The molecular formula is C20H23N5O4. The molecule has 0 aliphatic heterocycles. The second-order valence-corrected chi connectivity index (χ2v) is 6.83. The number of nitrogens with one attached hydrogen (secondary N) is 3. The minimum Gasteiger partial charge on any atom is -0.493 e. The highest BCUT2D eigenvalue weighted by Crippen LogP contribution is 2.28. The Balaban J connectivity index is 1.61. The van der Waals surface area contributed by atoms with Gasteiger partial charge in [0.05, 0.1) is 13.7 Å². The van der Waals surface area contributed by atoms with Crippen LogP contribution in [0.1, 0.15) is 41.0 Å². The maximum absolute atomic E-state index is 12.4. The van der Waals surface area contributed by atoms with E-state index in [9.17, 15) is 9.59 Å². The maximum Gasteiger partial charge on any atom is 0.269 e. The standard InChI is InChI=1S/C20H23N5O4/c1-12(2)8-9-29-17-7-5-14(11-18(17)28-3)20(27)24-23-19(26)13-4-6-15-16(10-13)22-25-21-15/h4-7,10-12H,8-9H2,1-3H3,(H,23,26)(H,24,27)(H,21,22,25). The van der Waals surface area contributed by atoms with Crippen LogP contribution in [0.15, 0.2) is 36.4 Å². The second-order valence-electron chi connectivity index (χ2n) is 6.83. The van der Waals surface area contributed by atoms with E-state index in [2.05, 4.69) is 40.1 Å². The van der Waals surface area contributed by atoms with Crippen LogP contribution >= 0.6 is 0 Å².